The lowest BCUT2D eigenvalue weighted by Gasteiger charge is -2.06. The first kappa shape index (κ1) is 9.32. The first-order chi connectivity index (χ1) is 5.65. The fraction of sp³-hybridized carbons (Fsp3) is 0.500. The number of nitrogens with zero attached hydrogens (tertiary/aromatic N) is 2. The molecule has 1 aromatic heterocycles. The molecule has 0 spiro atoms. The van der Waals surface area contributed by atoms with E-state index in [1.807, 2.05) is 19.9 Å². The maximum atomic E-state index is 11.3. The maximum Gasteiger partial charge on any atom is 0.347 e. The molecule has 0 radical (unpaired) electrons. The highest BCUT2D eigenvalue weighted by Crippen LogP contribution is 1.96. The molecule has 1 rings (SSSR count). The van der Waals surface area contributed by atoms with E-state index in [1.165, 1.54) is 0 Å². The number of aryl methyl sites for hydroxylation is 2. The standard InChI is InChI=1S/C8H12N2OS/c1-6-5-7(2)10(3-4-12)8(11)9-6/h5,12H,3-4H2,1-2H3. The van der Waals surface area contributed by atoms with Crippen molar-refractivity contribution in [3.05, 3.63) is 27.9 Å². The fourth-order valence-corrected chi connectivity index (χ4v) is 1.35. The highest BCUT2D eigenvalue weighted by atomic mass is 32.1. The minimum Gasteiger partial charge on any atom is -0.296 e. The molecule has 4 heteroatoms. The molecule has 0 saturated carbocycles. The first-order valence-corrected chi connectivity index (χ1v) is 4.44. The summed E-state index contributed by atoms with van der Waals surface area (Å²) in [7, 11) is 0. The van der Waals surface area contributed by atoms with E-state index in [-0.39, 0.29) is 5.69 Å². The fourth-order valence-electron chi connectivity index (χ4n) is 1.15. The van der Waals surface area contributed by atoms with Gasteiger partial charge >= 0.3 is 5.69 Å². The third kappa shape index (κ3) is 1.88. The van der Waals surface area contributed by atoms with E-state index in [9.17, 15) is 4.79 Å². The molecule has 0 saturated heterocycles. The predicted octanol–water partition coefficient (Wildman–Crippen LogP) is 0.790. The molecule has 0 atom stereocenters. The smallest absolute Gasteiger partial charge is 0.296 e. The number of hydrogen-bond donors (Lipinski definition) is 1. The molecule has 0 aliphatic rings. The van der Waals surface area contributed by atoms with Gasteiger partial charge in [0.25, 0.3) is 0 Å². The second kappa shape index (κ2) is 3.76. The van der Waals surface area contributed by atoms with Gasteiger partial charge in [-0.05, 0) is 19.9 Å². The minimum atomic E-state index is -0.179. The van der Waals surface area contributed by atoms with Crippen molar-refractivity contribution in [3.8, 4) is 0 Å². The predicted molar refractivity (Wildman–Crippen MR) is 51.8 cm³/mol. The maximum absolute atomic E-state index is 11.3. The van der Waals surface area contributed by atoms with Crippen molar-refractivity contribution in [2.24, 2.45) is 0 Å². The average Bonchev–Trinajstić information content (AvgIpc) is 1.96. The van der Waals surface area contributed by atoms with Crippen LogP contribution in [-0.2, 0) is 6.54 Å². The quantitative estimate of drug-likeness (QED) is 0.690. The lowest BCUT2D eigenvalue weighted by Crippen LogP contribution is -2.26. The molecule has 0 amide bonds. The number of hydrogen-bond acceptors (Lipinski definition) is 3. The summed E-state index contributed by atoms with van der Waals surface area (Å²) in [6, 6.07) is 1.89. The lowest BCUT2D eigenvalue weighted by molar-refractivity contribution is 0.676. The molecule has 0 N–H and O–H groups in total. The molecule has 66 valence electrons. The highest BCUT2D eigenvalue weighted by Gasteiger charge is 2.00. The third-order valence-corrected chi connectivity index (χ3v) is 1.87. The van der Waals surface area contributed by atoms with Crippen molar-refractivity contribution < 1.29 is 0 Å². The van der Waals surface area contributed by atoms with Crippen LogP contribution >= 0.6 is 12.6 Å². The summed E-state index contributed by atoms with van der Waals surface area (Å²) in [6.07, 6.45) is 0. The second-order valence-corrected chi connectivity index (χ2v) is 3.14. The Morgan fingerprint density at radius 3 is 2.75 bits per heavy atom. The Balaban J connectivity index is 3.19. The lowest BCUT2D eigenvalue weighted by atomic mass is 10.3. The second-order valence-electron chi connectivity index (χ2n) is 2.70. The van der Waals surface area contributed by atoms with Crippen LogP contribution in [0, 0.1) is 13.8 Å². The van der Waals surface area contributed by atoms with Gasteiger partial charge in [0.2, 0.25) is 0 Å². The Hall–Kier alpha value is -0.770. The first-order valence-electron chi connectivity index (χ1n) is 3.81. The molecule has 0 unspecified atom stereocenters. The number of rotatable bonds is 2. The van der Waals surface area contributed by atoms with E-state index in [2.05, 4.69) is 17.6 Å². The topological polar surface area (TPSA) is 34.9 Å². The summed E-state index contributed by atoms with van der Waals surface area (Å²) in [5, 5.41) is 0. The largest absolute Gasteiger partial charge is 0.347 e. The Morgan fingerprint density at radius 2 is 2.25 bits per heavy atom. The van der Waals surface area contributed by atoms with Gasteiger partial charge in [-0.1, -0.05) is 0 Å². The van der Waals surface area contributed by atoms with Crippen molar-refractivity contribution >= 4 is 12.6 Å². The zero-order valence-electron chi connectivity index (χ0n) is 7.24. The van der Waals surface area contributed by atoms with Gasteiger partial charge < -0.3 is 0 Å². The van der Waals surface area contributed by atoms with Crippen LogP contribution in [0.25, 0.3) is 0 Å². The minimum absolute atomic E-state index is 0.179. The van der Waals surface area contributed by atoms with Crippen LogP contribution in [0.5, 0.6) is 0 Å². The van der Waals surface area contributed by atoms with E-state index in [0.29, 0.717) is 12.3 Å². The van der Waals surface area contributed by atoms with Crippen molar-refractivity contribution in [1.82, 2.24) is 9.55 Å². The van der Waals surface area contributed by atoms with Crippen LogP contribution in [0.2, 0.25) is 0 Å². The van der Waals surface area contributed by atoms with Gasteiger partial charge in [0.15, 0.2) is 0 Å². The molecular weight excluding hydrogens is 172 g/mol. The molecule has 0 aliphatic heterocycles. The number of aromatic nitrogens is 2. The van der Waals surface area contributed by atoms with Gasteiger partial charge in [-0.25, -0.2) is 4.79 Å². The van der Waals surface area contributed by atoms with E-state index < -0.39 is 0 Å². The van der Waals surface area contributed by atoms with Crippen LogP contribution in [0.4, 0.5) is 0 Å². The Morgan fingerprint density at radius 1 is 1.58 bits per heavy atom. The van der Waals surface area contributed by atoms with E-state index in [4.69, 9.17) is 0 Å². The summed E-state index contributed by atoms with van der Waals surface area (Å²) in [5.74, 6) is 0.658. The van der Waals surface area contributed by atoms with Crippen LogP contribution in [-0.4, -0.2) is 15.3 Å². The molecular formula is C8H12N2OS. The summed E-state index contributed by atoms with van der Waals surface area (Å²) in [5.41, 5.74) is 1.54. The van der Waals surface area contributed by atoms with Crippen LogP contribution in [0.1, 0.15) is 11.4 Å². The van der Waals surface area contributed by atoms with Crippen LogP contribution in [0.3, 0.4) is 0 Å². The molecule has 0 aromatic carbocycles. The van der Waals surface area contributed by atoms with Crippen LogP contribution < -0.4 is 5.69 Å². The van der Waals surface area contributed by atoms with Gasteiger partial charge in [-0.2, -0.15) is 17.6 Å². The molecule has 3 nitrogen and oxygen atoms in total. The Kier molecular flexibility index (Phi) is 2.92. The van der Waals surface area contributed by atoms with Gasteiger partial charge in [0, 0.05) is 23.7 Å². The summed E-state index contributed by atoms with van der Waals surface area (Å²) >= 11 is 4.06. The zero-order chi connectivity index (χ0) is 9.14. The molecule has 1 aromatic rings. The Bertz CT molecular complexity index is 332. The zero-order valence-corrected chi connectivity index (χ0v) is 8.14. The van der Waals surface area contributed by atoms with Gasteiger partial charge in [0.05, 0.1) is 0 Å². The molecule has 1 heterocycles. The molecule has 0 bridgehead atoms. The van der Waals surface area contributed by atoms with Gasteiger partial charge in [-0.3, -0.25) is 4.57 Å². The highest BCUT2D eigenvalue weighted by molar-refractivity contribution is 7.80. The van der Waals surface area contributed by atoms with E-state index >= 15 is 0 Å². The third-order valence-electron chi connectivity index (χ3n) is 1.67. The molecule has 0 aliphatic carbocycles. The average molecular weight is 184 g/mol. The van der Waals surface area contributed by atoms with Crippen molar-refractivity contribution in [2.45, 2.75) is 20.4 Å². The van der Waals surface area contributed by atoms with E-state index in [0.717, 1.165) is 11.4 Å². The molecule has 0 fully saturated rings. The Labute approximate surface area is 76.9 Å². The van der Waals surface area contributed by atoms with E-state index in [1.54, 1.807) is 4.57 Å². The van der Waals surface area contributed by atoms with Crippen molar-refractivity contribution in [3.63, 3.8) is 0 Å². The summed E-state index contributed by atoms with van der Waals surface area (Å²) in [4.78, 5) is 15.1. The number of thiol groups is 1. The van der Waals surface area contributed by atoms with Crippen molar-refractivity contribution in [2.75, 3.05) is 5.75 Å². The normalized spacial score (nSPS) is 10.2. The van der Waals surface area contributed by atoms with Gasteiger partial charge in [0.1, 0.15) is 0 Å². The SMILES string of the molecule is Cc1cc(C)n(CCS)c(=O)n1. The monoisotopic (exact) mass is 184 g/mol. The summed E-state index contributed by atoms with van der Waals surface area (Å²) in [6.45, 7) is 4.35. The van der Waals surface area contributed by atoms with Gasteiger partial charge in [-0.15, -0.1) is 0 Å². The molecule has 12 heavy (non-hydrogen) atoms. The van der Waals surface area contributed by atoms with Crippen molar-refractivity contribution in [1.29, 1.82) is 0 Å². The summed E-state index contributed by atoms with van der Waals surface area (Å²) < 4.78 is 1.62. The van der Waals surface area contributed by atoms with Crippen LogP contribution in [0.15, 0.2) is 10.9 Å².